The van der Waals surface area contributed by atoms with E-state index in [-0.39, 0.29) is 11.8 Å². The van der Waals surface area contributed by atoms with Gasteiger partial charge in [-0.2, -0.15) is 0 Å². The first-order chi connectivity index (χ1) is 15.1. The number of hydrogen-bond acceptors (Lipinski definition) is 3. The van der Waals surface area contributed by atoms with E-state index >= 15 is 0 Å². The quantitative estimate of drug-likeness (QED) is 0.460. The van der Waals surface area contributed by atoms with Crippen LogP contribution in [0.25, 0.3) is 0 Å². The van der Waals surface area contributed by atoms with Crippen molar-refractivity contribution in [3.05, 3.63) is 105 Å². The molecule has 0 saturated heterocycles. The Balaban J connectivity index is 1.71. The van der Waals surface area contributed by atoms with Gasteiger partial charge in [-0.25, -0.2) is 0 Å². The number of carbonyl (C=O) groups is 1. The lowest BCUT2D eigenvalue weighted by atomic mass is 9.85. The third-order valence-corrected chi connectivity index (χ3v) is 6.50. The highest BCUT2D eigenvalue weighted by Crippen LogP contribution is 2.45. The van der Waals surface area contributed by atoms with E-state index in [1.807, 2.05) is 60.7 Å². The minimum atomic E-state index is -0.202. The Kier molecular flexibility index (Phi) is 5.47. The average molecular weight is 449 g/mol. The van der Waals surface area contributed by atoms with E-state index in [1.165, 1.54) is 0 Å². The van der Waals surface area contributed by atoms with Gasteiger partial charge in [-0.15, -0.1) is 0 Å². The fourth-order valence-corrected chi connectivity index (χ4v) is 4.80. The smallest absolute Gasteiger partial charge is 0.163 e. The molecule has 3 nitrogen and oxygen atoms in total. The van der Waals surface area contributed by atoms with E-state index in [4.69, 9.17) is 23.2 Å². The van der Waals surface area contributed by atoms with Crippen LogP contribution in [0.15, 0.2) is 84.1 Å². The fraction of sp³-hybridized carbons (Fsp3) is 0.192. The number of halogens is 2. The lowest BCUT2D eigenvalue weighted by Crippen LogP contribution is -2.33. The minimum absolute atomic E-state index is 0.202. The summed E-state index contributed by atoms with van der Waals surface area (Å²) < 4.78 is 0. The molecule has 0 unspecified atom stereocenters. The summed E-state index contributed by atoms with van der Waals surface area (Å²) in [6, 6.07) is 23.8. The second-order valence-electron chi connectivity index (χ2n) is 8.02. The van der Waals surface area contributed by atoms with Crippen molar-refractivity contribution in [2.24, 2.45) is 0 Å². The molecule has 0 bridgehead atoms. The maximum absolute atomic E-state index is 13.3. The van der Waals surface area contributed by atoms with Gasteiger partial charge in [0.15, 0.2) is 5.78 Å². The van der Waals surface area contributed by atoms with Crippen molar-refractivity contribution >= 4 is 40.4 Å². The van der Waals surface area contributed by atoms with E-state index in [0.29, 0.717) is 23.0 Å². The SMILES string of the molecule is O=C1CCCC2=C1[C@@H](c1ccc(Cl)cc1)N(Cc1ccc(Cl)cc1)c1ccccc1N2. The number of Topliss-reactive ketones (excluding diaryl/α,β-unsaturated/α-hetero) is 1. The maximum Gasteiger partial charge on any atom is 0.163 e. The van der Waals surface area contributed by atoms with Crippen molar-refractivity contribution in [3.63, 3.8) is 0 Å². The highest BCUT2D eigenvalue weighted by Gasteiger charge is 2.36. The number of allylic oxidation sites excluding steroid dienone is 1. The van der Waals surface area contributed by atoms with Crippen LogP contribution in [0.3, 0.4) is 0 Å². The Bertz CT molecular complexity index is 1150. The largest absolute Gasteiger partial charge is 0.357 e. The summed E-state index contributed by atoms with van der Waals surface area (Å²) in [6.07, 6.45) is 2.32. The van der Waals surface area contributed by atoms with Gasteiger partial charge in [0.2, 0.25) is 0 Å². The van der Waals surface area contributed by atoms with E-state index < -0.39 is 0 Å². The molecule has 3 aromatic rings. The van der Waals surface area contributed by atoms with Crippen molar-refractivity contribution in [2.75, 3.05) is 10.2 Å². The van der Waals surface area contributed by atoms with Crippen LogP contribution < -0.4 is 10.2 Å². The van der Waals surface area contributed by atoms with E-state index in [9.17, 15) is 4.79 Å². The van der Waals surface area contributed by atoms with Gasteiger partial charge in [0.05, 0.1) is 17.4 Å². The van der Waals surface area contributed by atoms with Crippen LogP contribution in [-0.4, -0.2) is 5.78 Å². The second-order valence-corrected chi connectivity index (χ2v) is 8.89. The van der Waals surface area contributed by atoms with Crippen molar-refractivity contribution in [2.45, 2.75) is 31.8 Å². The maximum atomic E-state index is 13.3. The summed E-state index contributed by atoms with van der Waals surface area (Å²) in [5, 5.41) is 4.99. The summed E-state index contributed by atoms with van der Waals surface area (Å²) in [6.45, 7) is 0.646. The van der Waals surface area contributed by atoms with Crippen molar-refractivity contribution in [1.82, 2.24) is 0 Å². The van der Waals surface area contributed by atoms with Crippen LogP contribution in [0, 0.1) is 0 Å². The molecule has 1 N–H and O–H groups in total. The van der Waals surface area contributed by atoms with Crippen molar-refractivity contribution in [1.29, 1.82) is 0 Å². The highest BCUT2D eigenvalue weighted by atomic mass is 35.5. The molecule has 0 spiro atoms. The number of nitrogens with zero attached hydrogens (tertiary/aromatic N) is 1. The van der Waals surface area contributed by atoms with Crippen LogP contribution in [-0.2, 0) is 11.3 Å². The Morgan fingerprint density at radius 2 is 1.55 bits per heavy atom. The predicted molar refractivity (Wildman–Crippen MR) is 128 cm³/mol. The third kappa shape index (κ3) is 3.96. The molecule has 156 valence electrons. The molecule has 5 heteroatoms. The monoisotopic (exact) mass is 448 g/mol. The highest BCUT2D eigenvalue weighted by molar-refractivity contribution is 6.30. The van der Waals surface area contributed by atoms with Gasteiger partial charge >= 0.3 is 0 Å². The number of hydrogen-bond donors (Lipinski definition) is 1. The molecule has 0 saturated carbocycles. The third-order valence-electron chi connectivity index (χ3n) is 5.99. The first-order valence-corrected chi connectivity index (χ1v) is 11.2. The predicted octanol–water partition coefficient (Wildman–Crippen LogP) is 7.17. The minimum Gasteiger partial charge on any atom is -0.357 e. The summed E-state index contributed by atoms with van der Waals surface area (Å²) >= 11 is 12.3. The molecule has 0 radical (unpaired) electrons. The Morgan fingerprint density at radius 1 is 0.871 bits per heavy atom. The zero-order valence-corrected chi connectivity index (χ0v) is 18.5. The van der Waals surface area contributed by atoms with Gasteiger partial charge < -0.3 is 10.2 Å². The first-order valence-electron chi connectivity index (χ1n) is 10.5. The summed E-state index contributed by atoms with van der Waals surface area (Å²) in [5.74, 6) is 0.211. The van der Waals surface area contributed by atoms with Gasteiger partial charge in [0, 0.05) is 34.3 Å². The summed E-state index contributed by atoms with van der Waals surface area (Å²) in [7, 11) is 0. The van der Waals surface area contributed by atoms with Gasteiger partial charge in [0.25, 0.3) is 0 Å². The van der Waals surface area contributed by atoms with Crippen LogP contribution in [0.1, 0.15) is 36.4 Å². The van der Waals surface area contributed by atoms with E-state index in [1.54, 1.807) is 0 Å². The average Bonchev–Trinajstić information content (AvgIpc) is 2.91. The molecular formula is C26H22Cl2N2O. The van der Waals surface area contributed by atoms with Gasteiger partial charge in [-0.3, -0.25) is 4.79 Å². The number of anilines is 2. The fourth-order valence-electron chi connectivity index (χ4n) is 4.55. The molecule has 1 aliphatic heterocycles. The zero-order valence-electron chi connectivity index (χ0n) is 16.9. The Hall–Kier alpha value is -2.75. The molecule has 1 atom stereocenters. The number of nitrogens with one attached hydrogen (secondary N) is 1. The molecular weight excluding hydrogens is 427 g/mol. The Morgan fingerprint density at radius 3 is 2.29 bits per heavy atom. The van der Waals surface area contributed by atoms with Gasteiger partial charge in [-0.1, -0.05) is 59.6 Å². The molecule has 2 aliphatic rings. The van der Waals surface area contributed by atoms with Crippen LogP contribution >= 0.6 is 23.2 Å². The first kappa shape index (κ1) is 20.2. The number of ketones is 1. The van der Waals surface area contributed by atoms with Crippen molar-refractivity contribution in [3.8, 4) is 0 Å². The number of fused-ring (bicyclic) bond motifs is 1. The normalized spacial score (nSPS) is 18.2. The van der Waals surface area contributed by atoms with E-state index in [0.717, 1.165) is 46.6 Å². The molecule has 3 aromatic carbocycles. The van der Waals surface area contributed by atoms with Crippen LogP contribution in [0.2, 0.25) is 10.0 Å². The Labute approximate surface area is 192 Å². The van der Waals surface area contributed by atoms with Crippen molar-refractivity contribution < 1.29 is 4.79 Å². The lowest BCUT2D eigenvalue weighted by molar-refractivity contribution is -0.116. The molecule has 31 heavy (non-hydrogen) atoms. The molecule has 0 amide bonds. The van der Waals surface area contributed by atoms with Crippen LogP contribution in [0.5, 0.6) is 0 Å². The zero-order chi connectivity index (χ0) is 21.4. The second kappa shape index (κ2) is 8.41. The number of carbonyl (C=O) groups excluding carboxylic acids is 1. The summed E-state index contributed by atoms with van der Waals surface area (Å²) in [4.78, 5) is 15.6. The molecule has 1 aliphatic carbocycles. The van der Waals surface area contributed by atoms with Crippen LogP contribution in [0.4, 0.5) is 11.4 Å². The summed E-state index contributed by atoms with van der Waals surface area (Å²) in [5.41, 5.74) is 6.17. The van der Waals surface area contributed by atoms with Gasteiger partial charge in [0.1, 0.15) is 0 Å². The standard InChI is InChI=1S/C26H22Cl2N2O/c27-19-12-8-17(9-13-19)16-30-23-6-2-1-4-21(23)29-22-5-3-7-24(31)25(22)26(30)18-10-14-20(28)15-11-18/h1-2,4,6,8-15,26,29H,3,5,7,16H2/t26-/m1/s1. The lowest BCUT2D eigenvalue weighted by Gasteiger charge is -2.35. The van der Waals surface area contributed by atoms with E-state index in [2.05, 4.69) is 22.3 Å². The molecule has 5 rings (SSSR count). The number of rotatable bonds is 3. The van der Waals surface area contributed by atoms with Gasteiger partial charge in [-0.05, 0) is 60.4 Å². The molecule has 1 heterocycles. The molecule has 0 aromatic heterocycles. The topological polar surface area (TPSA) is 32.3 Å². The number of benzene rings is 3. The molecule has 0 fully saturated rings. The number of para-hydroxylation sites is 2.